The van der Waals surface area contributed by atoms with Crippen LogP contribution in [0.25, 0.3) is 0 Å². The van der Waals surface area contributed by atoms with Gasteiger partial charge in [0.1, 0.15) is 11.6 Å². The van der Waals surface area contributed by atoms with Crippen LogP contribution >= 0.6 is 0 Å². The van der Waals surface area contributed by atoms with Crippen molar-refractivity contribution in [2.45, 2.75) is 58.3 Å². The summed E-state index contributed by atoms with van der Waals surface area (Å²) >= 11 is 0. The molecular formula is C20H25N3O. The van der Waals surface area contributed by atoms with Gasteiger partial charge in [0.05, 0.1) is 11.3 Å². The first-order valence-electron chi connectivity index (χ1n) is 8.58. The van der Waals surface area contributed by atoms with Crippen LogP contribution in [0.5, 0.6) is 0 Å². The molecule has 2 N–H and O–H groups in total. The average molecular weight is 323 g/mol. The molecule has 2 aromatic rings. The van der Waals surface area contributed by atoms with Crippen LogP contribution in [0.2, 0.25) is 0 Å². The topological polar surface area (TPSA) is 68.9 Å². The highest BCUT2D eigenvalue weighted by Gasteiger charge is 2.30. The Labute approximate surface area is 143 Å². The molecule has 0 saturated carbocycles. The Kier molecular flexibility index (Phi) is 4.16. The molecule has 0 radical (unpaired) electrons. The number of carbonyl (C=O) groups is 1. The van der Waals surface area contributed by atoms with E-state index in [9.17, 15) is 4.79 Å². The van der Waals surface area contributed by atoms with Crippen LogP contribution in [0, 0.1) is 0 Å². The number of rotatable bonds is 2. The zero-order chi connectivity index (χ0) is 17.5. The smallest absolute Gasteiger partial charge is 0.169 e. The fourth-order valence-electron chi connectivity index (χ4n) is 3.31. The van der Waals surface area contributed by atoms with Gasteiger partial charge in [-0.2, -0.15) is 0 Å². The molecule has 0 spiro atoms. The van der Waals surface area contributed by atoms with Crippen molar-refractivity contribution in [2.24, 2.45) is 0 Å². The lowest BCUT2D eigenvalue weighted by molar-refractivity contribution is 0.0963. The molecule has 0 bridgehead atoms. The Morgan fingerprint density at radius 1 is 1.12 bits per heavy atom. The number of nitrogen functional groups attached to an aromatic ring is 1. The highest BCUT2D eigenvalue weighted by Crippen LogP contribution is 2.34. The predicted octanol–water partition coefficient (Wildman–Crippen LogP) is 3.83. The zero-order valence-corrected chi connectivity index (χ0v) is 14.9. The quantitative estimate of drug-likeness (QED) is 0.912. The first kappa shape index (κ1) is 16.6. The van der Waals surface area contributed by atoms with E-state index in [0.717, 1.165) is 18.5 Å². The van der Waals surface area contributed by atoms with E-state index in [1.54, 1.807) is 0 Å². The number of fused-ring (bicyclic) bond motifs is 1. The van der Waals surface area contributed by atoms with Gasteiger partial charge in [-0.3, -0.25) is 4.79 Å². The third-order valence-corrected chi connectivity index (χ3v) is 4.77. The Morgan fingerprint density at radius 3 is 2.38 bits per heavy atom. The molecule has 1 aromatic carbocycles. The van der Waals surface area contributed by atoms with Gasteiger partial charge < -0.3 is 5.73 Å². The number of nitrogens with two attached hydrogens (primary N) is 1. The molecule has 1 heterocycles. The minimum absolute atomic E-state index is 0.0568. The van der Waals surface area contributed by atoms with Crippen molar-refractivity contribution < 1.29 is 4.79 Å². The number of aromatic nitrogens is 2. The zero-order valence-electron chi connectivity index (χ0n) is 14.9. The van der Waals surface area contributed by atoms with Gasteiger partial charge in [-0.05, 0) is 28.9 Å². The molecule has 1 atom stereocenters. The first-order chi connectivity index (χ1) is 11.3. The third-order valence-electron chi connectivity index (χ3n) is 4.77. The van der Waals surface area contributed by atoms with Crippen LogP contribution in [-0.4, -0.2) is 15.8 Å². The number of ketones is 1. The fraction of sp³-hybridized carbons (Fsp3) is 0.450. The minimum atomic E-state index is 0.0568. The van der Waals surface area contributed by atoms with Crippen molar-refractivity contribution in [3.63, 3.8) is 0 Å². The molecule has 0 aliphatic heterocycles. The summed E-state index contributed by atoms with van der Waals surface area (Å²) in [4.78, 5) is 21.4. The summed E-state index contributed by atoms with van der Waals surface area (Å²) in [5.74, 6) is 1.27. The standard InChI is InChI=1S/C20H25N3O/c1-5-17-22-15-10-13(11-16(24)18(15)19(21)23-17)12-6-8-14(9-7-12)20(2,3)4/h6-9,13H,5,10-11H2,1-4H3,(H2,21,22,23)/t13-/m1/s1. The Hall–Kier alpha value is -2.23. The van der Waals surface area contributed by atoms with Gasteiger partial charge in [0.2, 0.25) is 0 Å². The van der Waals surface area contributed by atoms with Crippen LogP contribution in [0.1, 0.15) is 73.0 Å². The SMILES string of the molecule is CCc1nc(N)c2c(n1)C[C@@H](c1ccc(C(C)(C)C)cc1)CC2=O. The number of anilines is 1. The maximum absolute atomic E-state index is 12.6. The third kappa shape index (κ3) is 3.05. The average Bonchev–Trinajstić information content (AvgIpc) is 2.53. The van der Waals surface area contributed by atoms with Gasteiger partial charge >= 0.3 is 0 Å². The lowest BCUT2D eigenvalue weighted by atomic mass is 9.80. The van der Waals surface area contributed by atoms with Crippen LogP contribution in [0.4, 0.5) is 5.82 Å². The van der Waals surface area contributed by atoms with Crippen LogP contribution in [0.3, 0.4) is 0 Å². The second-order valence-electron chi connectivity index (χ2n) is 7.60. The molecule has 0 amide bonds. The van der Waals surface area contributed by atoms with E-state index < -0.39 is 0 Å². The summed E-state index contributed by atoms with van der Waals surface area (Å²) in [6.07, 6.45) is 1.94. The van der Waals surface area contributed by atoms with Crippen molar-refractivity contribution >= 4 is 11.6 Å². The van der Waals surface area contributed by atoms with Gasteiger partial charge in [-0.25, -0.2) is 9.97 Å². The van der Waals surface area contributed by atoms with Crippen molar-refractivity contribution in [3.8, 4) is 0 Å². The maximum atomic E-state index is 12.6. The second-order valence-corrected chi connectivity index (χ2v) is 7.60. The Bertz CT molecular complexity index is 773. The number of aryl methyl sites for hydroxylation is 1. The monoisotopic (exact) mass is 323 g/mol. The summed E-state index contributed by atoms with van der Waals surface area (Å²) in [5, 5.41) is 0. The maximum Gasteiger partial charge on any atom is 0.169 e. The number of hydrogen-bond donors (Lipinski definition) is 1. The molecule has 4 nitrogen and oxygen atoms in total. The van der Waals surface area contributed by atoms with Gasteiger partial charge in [-0.1, -0.05) is 52.0 Å². The van der Waals surface area contributed by atoms with E-state index in [0.29, 0.717) is 23.6 Å². The van der Waals surface area contributed by atoms with E-state index >= 15 is 0 Å². The highest BCUT2D eigenvalue weighted by atomic mass is 16.1. The molecule has 4 heteroatoms. The summed E-state index contributed by atoms with van der Waals surface area (Å²) < 4.78 is 0. The van der Waals surface area contributed by atoms with E-state index in [1.165, 1.54) is 11.1 Å². The molecular weight excluding hydrogens is 298 g/mol. The highest BCUT2D eigenvalue weighted by molar-refractivity contribution is 6.02. The number of carbonyl (C=O) groups excluding carboxylic acids is 1. The van der Waals surface area contributed by atoms with E-state index in [2.05, 4.69) is 55.0 Å². The largest absolute Gasteiger partial charge is 0.383 e. The predicted molar refractivity (Wildman–Crippen MR) is 96.4 cm³/mol. The molecule has 0 unspecified atom stereocenters. The van der Waals surface area contributed by atoms with Gasteiger partial charge in [0, 0.05) is 12.8 Å². The van der Waals surface area contributed by atoms with E-state index in [4.69, 9.17) is 5.73 Å². The summed E-state index contributed by atoms with van der Waals surface area (Å²) in [7, 11) is 0. The number of hydrogen-bond acceptors (Lipinski definition) is 4. The fourth-order valence-corrected chi connectivity index (χ4v) is 3.31. The van der Waals surface area contributed by atoms with Crippen molar-refractivity contribution in [2.75, 3.05) is 5.73 Å². The molecule has 1 aliphatic carbocycles. The second kappa shape index (κ2) is 6.00. The van der Waals surface area contributed by atoms with E-state index in [-0.39, 0.29) is 17.1 Å². The number of benzene rings is 1. The van der Waals surface area contributed by atoms with Gasteiger partial charge in [0.25, 0.3) is 0 Å². The van der Waals surface area contributed by atoms with Gasteiger partial charge in [0.15, 0.2) is 5.78 Å². The summed E-state index contributed by atoms with van der Waals surface area (Å²) in [6.45, 7) is 8.60. The molecule has 1 aliphatic rings. The Morgan fingerprint density at radius 2 is 1.79 bits per heavy atom. The van der Waals surface area contributed by atoms with Crippen molar-refractivity contribution in [3.05, 3.63) is 52.5 Å². The van der Waals surface area contributed by atoms with Crippen LogP contribution in [-0.2, 0) is 18.3 Å². The summed E-state index contributed by atoms with van der Waals surface area (Å²) in [6, 6.07) is 8.63. The number of nitrogens with zero attached hydrogens (tertiary/aromatic N) is 2. The Balaban J connectivity index is 1.93. The molecule has 3 rings (SSSR count). The lowest BCUT2D eigenvalue weighted by Gasteiger charge is -2.25. The lowest BCUT2D eigenvalue weighted by Crippen LogP contribution is -2.23. The van der Waals surface area contributed by atoms with Crippen LogP contribution < -0.4 is 5.73 Å². The van der Waals surface area contributed by atoms with Gasteiger partial charge in [-0.15, -0.1) is 0 Å². The normalized spacial score (nSPS) is 17.7. The summed E-state index contributed by atoms with van der Waals surface area (Å²) in [5.41, 5.74) is 9.95. The molecule has 126 valence electrons. The van der Waals surface area contributed by atoms with E-state index in [1.807, 2.05) is 6.92 Å². The van der Waals surface area contributed by atoms with Crippen molar-refractivity contribution in [1.29, 1.82) is 0 Å². The van der Waals surface area contributed by atoms with Crippen molar-refractivity contribution in [1.82, 2.24) is 9.97 Å². The molecule has 0 fully saturated rings. The first-order valence-corrected chi connectivity index (χ1v) is 8.58. The molecule has 1 aromatic heterocycles. The van der Waals surface area contributed by atoms with Crippen LogP contribution in [0.15, 0.2) is 24.3 Å². The minimum Gasteiger partial charge on any atom is -0.383 e. The molecule has 24 heavy (non-hydrogen) atoms. The molecule has 0 saturated heterocycles. The number of Topliss-reactive ketones (excluding diaryl/α,β-unsaturated/α-hetero) is 1.